The number of hydrogen-bond acceptors (Lipinski definition) is 3. The van der Waals surface area contributed by atoms with E-state index in [4.69, 9.17) is 9.15 Å². The van der Waals surface area contributed by atoms with Crippen molar-refractivity contribution >= 4 is 0 Å². The average Bonchev–Trinajstić information content (AvgIpc) is 2.87. The zero-order valence-electron chi connectivity index (χ0n) is 10.7. The third-order valence-corrected chi connectivity index (χ3v) is 2.79. The molecule has 0 bridgehead atoms. The standard InChI is InChI=1S/C15H18O3/c1-3-12-8-9-14(18-12)15(16)11-6-5-7-13(10-11)17-4-2/h5-10,15-16H,3-4H2,1-2H3. The molecule has 96 valence electrons. The van der Waals surface area contributed by atoms with Crippen LogP contribution in [0.25, 0.3) is 0 Å². The van der Waals surface area contributed by atoms with Gasteiger partial charge in [0, 0.05) is 6.42 Å². The van der Waals surface area contributed by atoms with Gasteiger partial charge < -0.3 is 14.3 Å². The second kappa shape index (κ2) is 5.74. The number of ether oxygens (including phenoxy) is 1. The highest BCUT2D eigenvalue weighted by molar-refractivity contribution is 5.33. The van der Waals surface area contributed by atoms with E-state index >= 15 is 0 Å². The van der Waals surface area contributed by atoms with Crippen LogP contribution < -0.4 is 4.74 Å². The Morgan fingerprint density at radius 2 is 2.06 bits per heavy atom. The second-order valence-corrected chi connectivity index (χ2v) is 4.07. The average molecular weight is 246 g/mol. The number of aryl methyl sites for hydroxylation is 1. The highest BCUT2D eigenvalue weighted by Crippen LogP contribution is 2.26. The van der Waals surface area contributed by atoms with E-state index in [-0.39, 0.29) is 0 Å². The number of aliphatic hydroxyl groups excluding tert-OH is 1. The number of benzene rings is 1. The van der Waals surface area contributed by atoms with Crippen molar-refractivity contribution < 1.29 is 14.3 Å². The van der Waals surface area contributed by atoms with Gasteiger partial charge in [0.05, 0.1) is 6.61 Å². The van der Waals surface area contributed by atoms with Gasteiger partial charge in [-0.1, -0.05) is 19.1 Å². The van der Waals surface area contributed by atoms with Crippen LogP contribution >= 0.6 is 0 Å². The highest BCUT2D eigenvalue weighted by atomic mass is 16.5. The maximum Gasteiger partial charge on any atom is 0.137 e. The second-order valence-electron chi connectivity index (χ2n) is 4.07. The van der Waals surface area contributed by atoms with Crippen molar-refractivity contribution in [3.63, 3.8) is 0 Å². The predicted octanol–water partition coefficient (Wildman–Crippen LogP) is 3.32. The number of hydrogen-bond donors (Lipinski definition) is 1. The van der Waals surface area contributed by atoms with Crippen molar-refractivity contribution in [2.24, 2.45) is 0 Å². The van der Waals surface area contributed by atoms with E-state index in [1.165, 1.54) is 0 Å². The van der Waals surface area contributed by atoms with E-state index in [2.05, 4.69) is 0 Å². The molecule has 3 heteroatoms. The Morgan fingerprint density at radius 3 is 2.72 bits per heavy atom. The molecule has 0 radical (unpaired) electrons. The van der Waals surface area contributed by atoms with Crippen LogP contribution in [0.1, 0.15) is 37.0 Å². The Morgan fingerprint density at radius 1 is 1.22 bits per heavy atom. The minimum atomic E-state index is -0.745. The van der Waals surface area contributed by atoms with Gasteiger partial charge in [-0.25, -0.2) is 0 Å². The minimum Gasteiger partial charge on any atom is -0.494 e. The third-order valence-electron chi connectivity index (χ3n) is 2.79. The fraction of sp³-hybridized carbons (Fsp3) is 0.333. The van der Waals surface area contributed by atoms with Crippen molar-refractivity contribution in [1.82, 2.24) is 0 Å². The Bertz CT molecular complexity index is 502. The van der Waals surface area contributed by atoms with Gasteiger partial charge in [0.15, 0.2) is 0 Å². The molecule has 0 fully saturated rings. The lowest BCUT2D eigenvalue weighted by atomic mass is 10.1. The zero-order valence-corrected chi connectivity index (χ0v) is 10.7. The van der Waals surface area contributed by atoms with Gasteiger partial charge in [0.1, 0.15) is 23.4 Å². The fourth-order valence-corrected chi connectivity index (χ4v) is 1.84. The summed E-state index contributed by atoms with van der Waals surface area (Å²) in [4.78, 5) is 0. The Hall–Kier alpha value is -1.74. The predicted molar refractivity (Wildman–Crippen MR) is 69.8 cm³/mol. The van der Waals surface area contributed by atoms with Crippen molar-refractivity contribution in [2.75, 3.05) is 6.61 Å². The van der Waals surface area contributed by atoms with Crippen LogP contribution in [0.15, 0.2) is 40.8 Å². The van der Waals surface area contributed by atoms with Crippen molar-refractivity contribution in [1.29, 1.82) is 0 Å². The van der Waals surface area contributed by atoms with Gasteiger partial charge in [-0.15, -0.1) is 0 Å². The molecule has 0 aliphatic carbocycles. The SMILES string of the molecule is CCOc1cccc(C(O)c2ccc(CC)o2)c1. The summed E-state index contributed by atoms with van der Waals surface area (Å²) < 4.78 is 11.0. The molecule has 1 aromatic carbocycles. The van der Waals surface area contributed by atoms with Crippen LogP contribution in [0, 0.1) is 0 Å². The maximum absolute atomic E-state index is 10.2. The van der Waals surface area contributed by atoms with Crippen LogP contribution in [0.4, 0.5) is 0 Å². The summed E-state index contributed by atoms with van der Waals surface area (Å²) in [6.07, 6.45) is 0.0804. The lowest BCUT2D eigenvalue weighted by Gasteiger charge is -2.10. The van der Waals surface area contributed by atoms with Gasteiger partial charge in [-0.3, -0.25) is 0 Å². The molecule has 18 heavy (non-hydrogen) atoms. The van der Waals surface area contributed by atoms with E-state index in [1.54, 1.807) is 0 Å². The first-order chi connectivity index (χ1) is 8.74. The van der Waals surface area contributed by atoms with Gasteiger partial charge in [-0.2, -0.15) is 0 Å². The quantitative estimate of drug-likeness (QED) is 0.880. The lowest BCUT2D eigenvalue weighted by molar-refractivity contribution is 0.186. The van der Waals surface area contributed by atoms with Crippen molar-refractivity contribution in [2.45, 2.75) is 26.4 Å². The molecule has 0 saturated heterocycles. The molecule has 1 heterocycles. The molecule has 2 rings (SSSR count). The molecule has 1 N–H and O–H groups in total. The Balaban J connectivity index is 2.21. The molecule has 0 aliphatic rings. The summed E-state index contributed by atoms with van der Waals surface area (Å²) in [5, 5.41) is 10.2. The summed E-state index contributed by atoms with van der Waals surface area (Å²) in [5.41, 5.74) is 0.776. The van der Waals surface area contributed by atoms with Gasteiger partial charge in [0.2, 0.25) is 0 Å². The minimum absolute atomic E-state index is 0.570. The largest absolute Gasteiger partial charge is 0.494 e. The lowest BCUT2D eigenvalue weighted by Crippen LogP contribution is -1.99. The molecule has 1 unspecified atom stereocenters. The molecule has 0 amide bonds. The van der Waals surface area contributed by atoms with Crippen LogP contribution in [-0.4, -0.2) is 11.7 Å². The summed E-state index contributed by atoms with van der Waals surface area (Å²) in [6.45, 7) is 4.56. The highest BCUT2D eigenvalue weighted by Gasteiger charge is 2.15. The van der Waals surface area contributed by atoms with Gasteiger partial charge in [0.25, 0.3) is 0 Å². The van der Waals surface area contributed by atoms with Crippen LogP contribution in [0.3, 0.4) is 0 Å². The number of rotatable bonds is 5. The summed E-state index contributed by atoms with van der Waals surface area (Å²) in [7, 11) is 0. The van der Waals surface area contributed by atoms with Gasteiger partial charge in [-0.05, 0) is 36.8 Å². The monoisotopic (exact) mass is 246 g/mol. The molecule has 0 spiro atoms. The van der Waals surface area contributed by atoms with Crippen LogP contribution in [0.2, 0.25) is 0 Å². The topological polar surface area (TPSA) is 42.6 Å². The first-order valence-electron chi connectivity index (χ1n) is 6.24. The smallest absolute Gasteiger partial charge is 0.137 e. The number of furan rings is 1. The van der Waals surface area contributed by atoms with E-state index in [0.717, 1.165) is 23.5 Å². The molecule has 3 nitrogen and oxygen atoms in total. The fourth-order valence-electron chi connectivity index (χ4n) is 1.84. The Kier molecular flexibility index (Phi) is 4.05. The third kappa shape index (κ3) is 2.74. The molecule has 1 atom stereocenters. The van der Waals surface area contributed by atoms with Crippen LogP contribution in [-0.2, 0) is 6.42 Å². The molecule has 0 aliphatic heterocycles. The number of aliphatic hydroxyl groups is 1. The molecule has 0 saturated carbocycles. The molecular formula is C15H18O3. The first kappa shape index (κ1) is 12.7. The molecule has 2 aromatic rings. The molecule has 1 aromatic heterocycles. The van der Waals surface area contributed by atoms with Crippen LogP contribution in [0.5, 0.6) is 5.75 Å². The van der Waals surface area contributed by atoms with Gasteiger partial charge >= 0.3 is 0 Å². The summed E-state index contributed by atoms with van der Waals surface area (Å²) >= 11 is 0. The molecular weight excluding hydrogens is 228 g/mol. The van der Waals surface area contributed by atoms with E-state index in [9.17, 15) is 5.11 Å². The van der Waals surface area contributed by atoms with Crippen molar-refractivity contribution in [3.8, 4) is 5.75 Å². The summed E-state index contributed by atoms with van der Waals surface area (Å²) in [6, 6.07) is 11.2. The van der Waals surface area contributed by atoms with Crippen molar-refractivity contribution in [3.05, 3.63) is 53.5 Å². The van der Waals surface area contributed by atoms with E-state index < -0.39 is 6.10 Å². The Labute approximate surface area is 107 Å². The normalized spacial score (nSPS) is 12.4. The van der Waals surface area contributed by atoms with E-state index in [1.807, 2.05) is 50.2 Å². The van der Waals surface area contributed by atoms with E-state index in [0.29, 0.717) is 12.4 Å². The summed E-state index contributed by atoms with van der Waals surface area (Å²) in [5.74, 6) is 2.21. The maximum atomic E-state index is 10.2. The zero-order chi connectivity index (χ0) is 13.0. The first-order valence-corrected chi connectivity index (χ1v) is 6.24.